The van der Waals surface area contributed by atoms with Gasteiger partial charge in [-0.3, -0.25) is 0 Å². The van der Waals surface area contributed by atoms with Crippen LogP contribution in [0.2, 0.25) is 0 Å². The van der Waals surface area contributed by atoms with Gasteiger partial charge in [-0.05, 0) is 63.3 Å². The summed E-state index contributed by atoms with van der Waals surface area (Å²) in [6.45, 7) is 9.51. The summed E-state index contributed by atoms with van der Waals surface area (Å²) in [4.78, 5) is 7.63. The Balaban J connectivity index is 1.71. The van der Waals surface area contributed by atoms with E-state index in [1.165, 1.54) is 22.7 Å². The van der Waals surface area contributed by atoms with E-state index >= 15 is 0 Å². The molecule has 0 unspecified atom stereocenters. The molecular weight excluding hydrogens is 464 g/mol. The van der Waals surface area contributed by atoms with Crippen molar-refractivity contribution in [2.75, 3.05) is 47.5 Å². The van der Waals surface area contributed by atoms with Gasteiger partial charge in [0.15, 0.2) is 11.5 Å². The number of hydrogen-bond donors (Lipinski definition) is 1. The molecule has 2 aromatic heterocycles. The first-order chi connectivity index (χ1) is 18.1. The average molecular weight is 505 g/mol. The fourth-order valence-corrected chi connectivity index (χ4v) is 5.10. The minimum absolute atomic E-state index is 0.574. The number of rotatable bonds is 13. The van der Waals surface area contributed by atoms with Crippen molar-refractivity contribution in [3.05, 3.63) is 48.2 Å². The number of aromatic nitrogens is 2. The van der Waals surface area contributed by atoms with Crippen LogP contribution in [0.25, 0.3) is 33.1 Å². The largest absolute Gasteiger partial charge is 0.493 e. The maximum absolute atomic E-state index is 5.65. The first-order valence-electron chi connectivity index (χ1n) is 13.2. The molecule has 0 bridgehead atoms. The monoisotopic (exact) mass is 504 g/mol. The van der Waals surface area contributed by atoms with Crippen LogP contribution in [0.3, 0.4) is 0 Å². The van der Waals surface area contributed by atoms with Crippen molar-refractivity contribution in [3.63, 3.8) is 0 Å². The van der Waals surface area contributed by atoms with E-state index in [-0.39, 0.29) is 0 Å². The van der Waals surface area contributed by atoms with E-state index in [2.05, 4.69) is 66.0 Å². The number of para-hydroxylation sites is 1. The fourth-order valence-electron chi connectivity index (χ4n) is 5.10. The van der Waals surface area contributed by atoms with E-state index in [4.69, 9.17) is 19.2 Å². The number of nitrogens with zero attached hydrogens (tertiary/aromatic N) is 3. The summed E-state index contributed by atoms with van der Waals surface area (Å²) in [5.41, 5.74) is 5.09. The van der Waals surface area contributed by atoms with Crippen LogP contribution in [0.5, 0.6) is 17.2 Å². The zero-order chi connectivity index (χ0) is 26.4. The molecule has 4 aromatic rings. The molecular formula is C30H40N4O3. The van der Waals surface area contributed by atoms with E-state index in [1.807, 2.05) is 12.1 Å². The average Bonchev–Trinajstić information content (AvgIpc) is 3.23. The van der Waals surface area contributed by atoms with Crippen molar-refractivity contribution in [3.8, 4) is 28.5 Å². The van der Waals surface area contributed by atoms with Gasteiger partial charge in [0.1, 0.15) is 0 Å². The summed E-state index contributed by atoms with van der Waals surface area (Å²) in [7, 11) is 7.00. The van der Waals surface area contributed by atoms with Crippen molar-refractivity contribution in [1.82, 2.24) is 19.8 Å². The van der Waals surface area contributed by atoms with Crippen molar-refractivity contribution in [1.29, 1.82) is 0 Å². The normalized spacial score (nSPS) is 11.5. The number of ether oxygens (including phenoxy) is 3. The van der Waals surface area contributed by atoms with Crippen molar-refractivity contribution in [2.24, 2.45) is 7.05 Å². The highest BCUT2D eigenvalue weighted by molar-refractivity contribution is 6.12. The van der Waals surface area contributed by atoms with E-state index < -0.39 is 0 Å². The number of methoxy groups -OCH3 is 3. The number of pyridine rings is 1. The first-order valence-corrected chi connectivity index (χ1v) is 13.2. The van der Waals surface area contributed by atoms with Gasteiger partial charge in [-0.15, -0.1) is 0 Å². The molecule has 0 atom stereocenters. The fraction of sp³-hybridized carbons (Fsp3) is 0.433. The molecule has 2 aromatic carbocycles. The lowest BCUT2D eigenvalue weighted by Gasteiger charge is -2.17. The molecule has 0 aliphatic rings. The lowest BCUT2D eigenvalue weighted by molar-refractivity contribution is 0.296. The summed E-state index contributed by atoms with van der Waals surface area (Å²) < 4.78 is 19.1. The Kier molecular flexibility index (Phi) is 8.90. The lowest BCUT2D eigenvalue weighted by atomic mass is 10.0. The molecule has 0 saturated heterocycles. The molecule has 2 heterocycles. The Labute approximate surface area is 220 Å². The summed E-state index contributed by atoms with van der Waals surface area (Å²) >= 11 is 0. The summed E-state index contributed by atoms with van der Waals surface area (Å²) in [5.74, 6) is 1.80. The second-order valence-electron chi connectivity index (χ2n) is 9.26. The second-order valence-corrected chi connectivity index (χ2v) is 9.26. The maximum Gasteiger partial charge on any atom is 0.203 e. The number of benzene rings is 2. The molecule has 0 radical (unpaired) electrons. The minimum Gasteiger partial charge on any atom is -0.493 e. The Bertz CT molecular complexity index is 1320. The molecule has 7 nitrogen and oxygen atoms in total. The zero-order valence-corrected chi connectivity index (χ0v) is 23.1. The van der Waals surface area contributed by atoms with Crippen LogP contribution in [-0.2, 0) is 13.6 Å². The lowest BCUT2D eigenvalue weighted by Crippen LogP contribution is -2.25. The van der Waals surface area contributed by atoms with E-state index in [0.29, 0.717) is 23.8 Å². The Morgan fingerprint density at radius 1 is 0.892 bits per heavy atom. The molecule has 198 valence electrons. The van der Waals surface area contributed by atoms with Gasteiger partial charge >= 0.3 is 0 Å². The number of nitrogens with one attached hydrogen (secondary N) is 1. The Morgan fingerprint density at radius 3 is 2.24 bits per heavy atom. The molecule has 0 aliphatic carbocycles. The molecule has 0 fully saturated rings. The van der Waals surface area contributed by atoms with E-state index in [1.54, 1.807) is 21.3 Å². The number of aryl methyl sites for hydroxylation is 1. The van der Waals surface area contributed by atoms with Gasteiger partial charge in [0.05, 0.1) is 38.2 Å². The standard InChI is InChI=1S/C30H40N4O3/c1-7-34(8-2)16-12-11-15-31-20-22-19-24-23-13-9-10-14-25(23)33(3)29(24)28(32-22)21-17-26(35-4)30(37-6)27(18-21)36-5/h9-10,13-14,17-19,31H,7-8,11-12,15-16,20H2,1-6H3. The minimum atomic E-state index is 0.574. The van der Waals surface area contributed by atoms with Crippen LogP contribution >= 0.6 is 0 Å². The van der Waals surface area contributed by atoms with Gasteiger partial charge in [-0.2, -0.15) is 0 Å². The first kappa shape index (κ1) is 26.8. The molecule has 0 amide bonds. The van der Waals surface area contributed by atoms with Gasteiger partial charge < -0.3 is 29.0 Å². The third-order valence-electron chi connectivity index (χ3n) is 7.15. The van der Waals surface area contributed by atoms with Crippen LogP contribution in [0.1, 0.15) is 32.4 Å². The van der Waals surface area contributed by atoms with Crippen LogP contribution in [0.15, 0.2) is 42.5 Å². The Morgan fingerprint density at radius 2 is 1.59 bits per heavy atom. The number of fused-ring (bicyclic) bond motifs is 3. The van der Waals surface area contributed by atoms with E-state index in [0.717, 1.165) is 55.1 Å². The maximum atomic E-state index is 5.65. The third kappa shape index (κ3) is 5.53. The van der Waals surface area contributed by atoms with Gasteiger partial charge in [0, 0.05) is 35.4 Å². The molecule has 0 saturated carbocycles. The topological polar surface area (TPSA) is 60.8 Å². The SMILES string of the molecule is CCN(CC)CCCCNCc1cc2c3ccccc3n(C)c2c(-c2cc(OC)c(OC)c(OC)c2)n1. The van der Waals surface area contributed by atoms with Crippen LogP contribution < -0.4 is 19.5 Å². The Hall–Kier alpha value is -3.29. The molecule has 0 spiro atoms. The molecule has 7 heteroatoms. The summed E-state index contributed by atoms with van der Waals surface area (Å²) in [5, 5.41) is 6.02. The van der Waals surface area contributed by atoms with Crippen molar-refractivity contribution < 1.29 is 14.2 Å². The molecule has 4 rings (SSSR count). The van der Waals surface area contributed by atoms with Gasteiger partial charge in [-0.1, -0.05) is 32.0 Å². The quantitative estimate of drug-likeness (QED) is 0.238. The second kappa shape index (κ2) is 12.3. The highest BCUT2D eigenvalue weighted by atomic mass is 16.5. The van der Waals surface area contributed by atoms with E-state index in [9.17, 15) is 0 Å². The van der Waals surface area contributed by atoms with Gasteiger partial charge in [-0.25, -0.2) is 4.98 Å². The zero-order valence-electron chi connectivity index (χ0n) is 23.1. The predicted octanol–water partition coefficient (Wildman–Crippen LogP) is 5.63. The van der Waals surface area contributed by atoms with Crippen LogP contribution in [0, 0.1) is 0 Å². The molecule has 0 aliphatic heterocycles. The highest BCUT2D eigenvalue weighted by Crippen LogP contribution is 2.43. The van der Waals surface area contributed by atoms with Crippen LogP contribution in [-0.4, -0.2) is 62.0 Å². The summed E-state index contributed by atoms with van der Waals surface area (Å²) in [6, 6.07) is 14.7. The van der Waals surface area contributed by atoms with Crippen LogP contribution in [0.4, 0.5) is 0 Å². The smallest absolute Gasteiger partial charge is 0.203 e. The van der Waals surface area contributed by atoms with Crippen molar-refractivity contribution >= 4 is 21.8 Å². The predicted molar refractivity (Wildman–Crippen MR) is 152 cm³/mol. The summed E-state index contributed by atoms with van der Waals surface area (Å²) in [6.07, 6.45) is 2.34. The van der Waals surface area contributed by atoms with Gasteiger partial charge in [0.25, 0.3) is 0 Å². The molecule has 37 heavy (non-hydrogen) atoms. The highest BCUT2D eigenvalue weighted by Gasteiger charge is 2.20. The number of unbranched alkanes of at least 4 members (excludes halogenated alkanes) is 1. The molecule has 1 N–H and O–H groups in total. The van der Waals surface area contributed by atoms with Crippen molar-refractivity contribution in [2.45, 2.75) is 33.2 Å². The number of hydrogen-bond acceptors (Lipinski definition) is 6. The van der Waals surface area contributed by atoms with Gasteiger partial charge in [0.2, 0.25) is 5.75 Å². The third-order valence-corrected chi connectivity index (χ3v) is 7.15.